The van der Waals surface area contributed by atoms with Crippen LogP contribution in [0.1, 0.15) is 20.8 Å². The third kappa shape index (κ3) is 3.97. The van der Waals surface area contributed by atoms with Gasteiger partial charge in [-0.15, -0.1) is 0 Å². The van der Waals surface area contributed by atoms with E-state index in [2.05, 4.69) is 20.8 Å². The Labute approximate surface area is 81.0 Å². The van der Waals surface area contributed by atoms with E-state index in [-0.39, 0.29) is 6.03 Å². The molecule has 0 heterocycles. The van der Waals surface area contributed by atoms with Crippen LogP contribution in [0.2, 0.25) is 0 Å². The van der Waals surface area contributed by atoms with Crippen molar-refractivity contribution in [2.75, 3.05) is 27.7 Å². The number of urea groups is 1. The fraction of sp³-hybridized carbons (Fsp3) is 0.700. The first-order chi connectivity index (χ1) is 5.86. The van der Waals surface area contributed by atoms with Crippen LogP contribution in [0.25, 0.3) is 0 Å². The minimum atomic E-state index is 0.0422. The van der Waals surface area contributed by atoms with E-state index in [0.29, 0.717) is 6.54 Å². The predicted molar refractivity (Wildman–Crippen MR) is 55.8 cm³/mol. The van der Waals surface area contributed by atoms with Crippen LogP contribution in [0.5, 0.6) is 0 Å². The standard InChI is InChI=1S/C10H20N2O/c1-8(2)9(3)7-12(6)10(13)11(4)5/h7H2,1-6H3. The molecule has 0 aliphatic carbocycles. The summed E-state index contributed by atoms with van der Waals surface area (Å²) in [6.07, 6.45) is 0. The van der Waals surface area contributed by atoms with Gasteiger partial charge in [0.15, 0.2) is 0 Å². The zero-order valence-corrected chi connectivity index (χ0v) is 9.51. The highest BCUT2D eigenvalue weighted by Crippen LogP contribution is 2.04. The van der Waals surface area contributed by atoms with Gasteiger partial charge in [0.05, 0.1) is 0 Å². The van der Waals surface area contributed by atoms with Gasteiger partial charge in [0.2, 0.25) is 0 Å². The van der Waals surface area contributed by atoms with Crippen molar-refractivity contribution < 1.29 is 4.79 Å². The molecule has 0 aliphatic heterocycles. The average molecular weight is 184 g/mol. The average Bonchev–Trinajstić information content (AvgIpc) is 2.02. The summed E-state index contributed by atoms with van der Waals surface area (Å²) < 4.78 is 0. The Hall–Kier alpha value is -0.990. The summed E-state index contributed by atoms with van der Waals surface area (Å²) in [6.45, 7) is 6.88. The van der Waals surface area contributed by atoms with Crippen LogP contribution in [0.15, 0.2) is 11.1 Å². The minimum absolute atomic E-state index is 0.0422. The van der Waals surface area contributed by atoms with Crippen molar-refractivity contribution >= 4 is 6.03 Å². The largest absolute Gasteiger partial charge is 0.331 e. The number of hydrogen-bond donors (Lipinski definition) is 0. The number of rotatable bonds is 2. The molecule has 0 unspecified atom stereocenters. The molecular weight excluding hydrogens is 164 g/mol. The molecule has 76 valence electrons. The Morgan fingerprint density at radius 1 is 1.08 bits per heavy atom. The van der Waals surface area contributed by atoms with E-state index in [1.807, 2.05) is 7.05 Å². The second-order valence-corrected chi connectivity index (χ2v) is 3.81. The third-order valence-electron chi connectivity index (χ3n) is 2.04. The topological polar surface area (TPSA) is 23.6 Å². The molecule has 0 saturated carbocycles. The Bertz CT molecular complexity index is 215. The van der Waals surface area contributed by atoms with Crippen LogP contribution >= 0.6 is 0 Å². The maximum absolute atomic E-state index is 11.4. The number of carbonyl (C=O) groups excluding carboxylic acids is 1. The van der Waals surface area contributed by atoms with Gasteiger partial charge in [0.25, 0.3) is 0 Å². The zero-order chi connectivity index (χ0) is 10.6. The summed E-state index contributed by atoms with van der Waals surface area (Å²) in [7, 11) is 5.34. The molecule has 0 N–H and O–H groups in total. The fourth-order valence-electron chi connectivity index (χ4n) is 0.923. The molecule has 13 heavy (non-hydrogen) atoms. The van der Waals surface area contributed by atoms with Crippen molar-refractivity contribution in [3.05, 3.63) is 11.1 Å². The Morgan fingerprint density at radius 3 is 1.85 bits per heavy atom. The molecule has 0 aromatic carbocycles. The second kappa shape index (κ2) is 4.90. The van der Waals surface area contributed by atoms with Crippen LogP contribution in [0, 0.1) is 0 Å². The lowest BCUT2D eigenvalue weighted by Crippen LogP contribution is -2.37. The molecule has 3 heteroatoms. The molecule has 2 amide bonds. The van der Waals surface area contributed by atoms with E-state index in [0.717, 1.165) is 0 Å². The molecule has 0 aromatic rings. The summed E-state index contributed by atoms with van der Waals surface area (Å²) in [5.41, 5.74) is 2.52. The van der Waals surface area contributed by atoms with Crippen LogP contribution in [0.4, 0.5) is 4.79 Å². The molecule has 0 fully saturated rings. The van der Waals surface area contributed by atoms with E-state index < -0.39 is 0 Å². The highest BCUT2D eigenvalue weighted by atomic mass is 16.2. The Balaban J connectivity index is 4.24. The predicted octanol–water partition coefficient (Wildman–Crippen LogP) is 1.96. The molecule has 0 atom stereocenters. The lowest BCUT2D eigenvalue weighted by atomic mass is 10.2. The number of allylic oxidation sites excluding steroid dienone is 1. The molecular formula is C10H20N2O. The Kier molecular flexibility index (Phi) is 4.52. The van der Waals surface area contributed by atoms with Gasteiger partial charge < -0.3 is 9.80 Å². The first kappa shape index (κ1) is 12.0. The summed E-state index contributed by atoms with van der Waals surface area (Å²) >= 11 is 0. The van der Waals surface area contributed by atoms with E-state index in [4.69, 9.17) is 0 Å². The molecule has 0 saturated heterocycles. The smallest absolute Gasteiger partial charge is 0.319 e. The van der Waals surface area contributed by atoms with Crippen LogP contribution in [-0.4, -0.2) is 43.5 Å². The normalized spacial score (nSPS) is 9.38. The lowest BCUT2D eigenvalue weighted by molar-refractivity contribution is 0.185. The van der Waals surface area contributed by atoms with Crippen molar-refractivity contribution in [3.8, 4) is 0 Å². The fourth-order valence-corrected chi connectivity index (χ4v) is 0.923. The molecule has 0 spiro atoms. The molecule has 0 rings (SSSR count). The van der Waals surface area contributed by atoms with Gasteiger partial charge in [0.1, 0.15) is 0 Å². The van der Waals surface area contributed by atoms with Gasteiger partial charge >= 0.3 is 6.03 Å². The van der Waals surface area contributed by atoms with Crippen LogP contribution in [0.3, 0.4) is 0 Å². The van der Waals surface area contributed by atoms with Gasteiger partial charge in [-0.3, -0.25) is 0 Å². The van der Waals surface area contributed by atoms with E-state index in [1.165, 1.54) is 11.1 Å². The third-order valence-corrected chi connectivity index (χ3v) is 2.04. The number of nitrogens with zero attached hydrogens (tertiary/aromatic N) is 2. The SMILES string of the molecule is CC(C)=C(C)CN(C)C(=O)N(C)C. The minimum Gasteiger partial charge on any atom is -0.331 e. The second-order valence-electron chi connectivity index (χ2n) is 3.81. The van der Waals surface area contributed by atoms with Crippen LogP contribution in [-0.2, 0) is 0 Å². The van der Waals surface area contributed by atoms with Crippen molar-refractivity contribution in [3.63, 3.8) is 0 Å². The van der Waals surface area contributed by atoms with E-state index in [9.17, 15) is 4.79 Å². The molecule has 0 radical (unpaired) electrons. The molecule has 0 aliphatic rings. The number of likely N-dealkylation sites (N-methyl/N-ethyl adjacent to an activating group) is 1. The quantitative estimate of drug-likeness (QED) is 0.602. The van der Waals surface area contributed by atoms with Crippen molar-refractivity contribution in [2.24, 2.45) is 0 Å². The van der Waals surface area contributed by atoms with Gasteiger partial charge in [-0.2, -0.15) is 0 Å². The lowest BCUT2D eigenvalue weighted by Gasteiger charge is -2.22. The highest BCUT2D eigenvalue weighted by Gasteiger charge is 2.10. The zero-order valence-electron chi connectivity index (χ0n) is 9.51. The first-order valence-corrected chi connectivity index (χ1v) is 4.41. The Morgan fingerprint density at radius 2 is 1.54 bits per heavy atom. The summed E-state index contributed by atoms with van der Waals surface area (Å²) in [5, 5.41) is 0. The molecule has 0 aromatic heterocycles. The highest BCUT2D eigenvalue weighted by molar-refractivity contribution is 5.73. The van der Waals surface area contributed by atoms with Gasteiger partial charge in [-0.1, -0.05) is 11.1 Å². The van der Waals surface area contributed by atoms with Gasteiger partial charge in [-0.25, -0.2) is 4.79 Å². The summed E-state index contributed by atoms with van der Waals surface area (Å²) in [4.78, 5) is 14.7. The summed E-state index contributed by atoms with van der Waals surface area (Å²) in [5.74, 6) is 0. The van der Waals surface area contributed by atoms with Gasteiger partial charge in [-0.05, 0) is 20.8 Å². The first-order valence-electron chi connectivity index (χ1n) is 4.41. The van der Waals surface area contributed by atoms with E-state index >= 15 is 0 Å². The summed E-state index contributed by atoms with van der Waals surface area (Å²) in [6, 6.07) is 0.0422. The monoisotopic (exact) mass is 184 g/mol. The molecule has 0 bridgehead atoms. The van der Waals surface area contributed by atoms with Gasteiger partial charge in [0, 0.05) is 27.7 Å². The van der Waals surface area contributed by atoms with Crippen molar-refractivity contribution in [2.45, 2.75) is 20.8 Å². The maximum Gasteiger partial charge on any atom is 0.319 e. The number of carbonyl (C=O) groups is 1. The molecule has 3 nitrogen and oxygen atoms in total. The maximum atomic E-state index is 11.4. The number of hydrogen-bond acceptors (Lipinski definition) is 1. The number of amides is 2. The van der Waals surface area contributed by atoms with Crippen molar-refractivity contribution in [1.82, 2.24) is 9.80 Å². The van der Waals surface area contributed by atoms with E-state index in [1.54, 1.807) is 23.9 Å². The van der Waals surface area contributed by atoms with Crippen LogP contribution < -0.4 is 0 Å². The van der Waals surface area contributed by atoms with Crippen molar-refractivity contribution in [1.29, 1.82) is 0 Å².